The van der Waals surface area contributed by atoms with Crippen LogP contribution in [0.15, 0.2) is 0 Å². The van der Waals surface area contributed by atoms with Gasteiger partial charge in [0.1, 0.15) is 2.82 Å². The lowest BCUT2D eigenvalue weighted by Gasteiger charge is -1.73. The number of carbonyl (C=O) groups is 2. The second-order valence-electron chi connectivity index (χ2n) is 1.00. The minimum atomic E-state index is -2.58. The molecule has 0 rings (SSSR count). The van der Waals surface area contributed by atoms with Gasteiger partial charge in [-0.25, -0.2) is 0 Å². The fourth-order valence-corrected chi connectivity index (χ4v) is 0. The van der Waals surface area contributed by atoms with Crippen LogP contribution in [0.3, 0.4) is 0 Å². The van der Waals surface area contributed by atoms with Crippen LogP contribution in [-0.2, 0) is 9.59 Å². The Morgan fingerprint density at radius 3 is 1.90 bits per heavy atom. The molecule has 10 heavy (non-hydrogen) atoms. The molecular formula is C4H10N2O4. The third kappa shape index (κ3) is 28.8. The molecule has 0 atom stereocenters. The van der Waals surface area contributed by atoms with E-state index in [-0.39, 0.29) is 5.72 Å². The zero-order valence-electron chi connectivity index (χ0n) is 8.94. The van der Waals surface area contributed by atoms with Crippen molar-refractivity contribution in [3.05, 3.63) is 0 Å². The van der Waals surface area contributed by atoms with Crippen molar-refractivity contribution in [3.8, 4) is 0 Å². The van der Waals surface area contributed by atoms with Crippen LogP contribution in [0.4, 0.5) is 0 Å². The summed E-state index contributed by atoms with van der Waals surface area (Å²) in [5.74, 6) is -2.81. The van der Waals surface area contributed by atoms with E-state index in [9.17, 15) is 9.59 Å². The Morgan fingerprint density at radius 2 is 1.90 bits per heavy atom. The summed E-state index contributed by atoms with van der Waals surface area (Å²) in [4.78, 5) is 19.0. The second kappa shape index (κ2) is 7.86. The average Bonchev–Trinajstić information content (AvgIpc) is 1.81. The molecule has 0 aromatic rings. The van der Waals surface area contributed by atoms with Crippen molar-refractivity contribution < 1.29 is 25.4 Å². The van der Waals surface area contributed by atoms with Gasteiger partial charge < -0.3 is 21.7 Å². The molecule has 0 saturated carbocycles. The first kappa shape index (κ1) is 4.64. The highest BCUT2D eigenvalue weighted by Gasteiger charge is 1.81. The Balaban J connectivity index is 0. The lowest BCUT2D eigenvalue weighted by molar-refractivity contribution is -0.136. The highest BCUT2D eigenvalue weighted by Crippen LogP contribution is 1.44. The van der Waals surface area contributed by atoms with Gasteiger partial charge in [0.15, 0.2) is 0 Å². The molecule has 0 amide bonds. The quantitative estimate of drug-likeness (QED) is 0.374. The summed E-state index contributed by atoms with van der Waals surface area (Å²) in [5.41, 5.74) is 4.51. The lowest BCUT2D eigenvalue weighted by atomic mass is 10.7. The molecule has 0 aromatic heterocycles. The van der Waals surface area contributed by atoms with Crippen LogP contribution in [0.25, 0.3) is 0 Å². The maximum absolute atomic E-state index is 9.53. The average molecular weight is 154 g/mol. The van der Waals surface area contributed by atoms with E-state index in [1.165, 1.54) is 0 Å². The van der Waals surface area contributed by atoms with E-state index in [0.717, 1.165) is 0 Å². The van der Waals surface area contributed by atoms with Crippen molar-refractivity contribution in [2.75, 3.05) is 13.0 Å². The number of hydrogen-bond acceptors (Lipinski definition) is 4. The van der Waals surface area contributed by atoms with Gasteiger partial charge in [-0.2, -0.15) is 0 Å². The van der Waals surface area contributed by atoms with Gasteiger partial charge in [-0.3, -0.25) is 9.59 Å². The van der Waals surface area contributed by atoms with Crippen molar-refractivity contribution in [1.29, 1.82) is 0 Å². The van der Waals surface area contributed by atoms with Crippen molar-refractivity contribution >= 4 is 11.9 Å². The molecule has 0 fully saturated rings. The number of carboxylic acids is 2. The minimum Gasteiger partial charge on any atom is -0.480 e. The van der Waals surface area contributed by atoms with Crippen LogP contribution in [0.1, 0.15) is 2.74 Å². The molecule has 6 heteroatoms. The number of rotatable bonds is 3. The van der Waals surface area contributed by atoms with Crippen LogP contribution in [0.5, 0.6) is 0 Å². The third-order valence-corrected chi connectivity index (χ3v) is 0.259. The van der Waals surface area contributed by atoms with E-state index in [1.807, 2.05) is 0 Å². The van der Waals surface area contributed by atoms with Crippen molar-refractivity contribution in [1.82, 2.24) is 0 Å². The smallest absolute Gasteiger partial charge is 0.317 e. The van der Waals surface area contributed by atoms with E-state index >= 15 is 0 Å². The molecular weight excluding hydrogens is 140 g/mol. The largest absolute Gasteiger partial charge is 0.480 e. The third-order valence-electron chi connectivity index (χ3n) is 0.259. The molecule has 0 aromatic carbocycles. The predicted molar refractivity (Wildman–Crippen MR) is 33.4 cm³/mol. The molecule has 0 spiro atoms. The molecule has 0 radical (unpaired) electrons. The number of carboxylic acid groups (broad SMARTS) is 2. The molecule has 6 nitrogen and oxygen atoms in total. The van der Waals surface area contributed by atoms with Gasteiger partial charge in [0, 0.05) is 0 Å². The zero-order valence-corrected chi connectivity index (χ0v) is 4.94. The van der Waals surface area contributed by atoms with Gasteiger partial charge in [0.05, 0.1) is 15.8 Å². The monoisotopic (exact) mass is 154 g/mol. The fraction of sp³-hybridized carbons (Fsp3) is 0.500. The normalized spacial score (nSPS) is 15.0. The maximum Gasteiger partial charge on any atom is 0.317 e. The number of nitrogens with two attached hydrogens (primary N) is 2. The Labute approximate surface area is 63.2 Å². The first-order valence-corrected chi connectivity index (χ1v) is 2.06. The second-order valence-corrected chi connectivity index (χ2v) is 1.00. The standard InChI is InChI=1S/2C2H5NO2/c2*3-1-2(4)5/h2*1,3H2,(H,4,5)/i1D2;/hD2. The van der Waals surface area contributed by atoms with E-state index in [2.05, 4.69) is 5.73 Å². The van der Waals surface area contributed by atoms with Crippen molar-refractivity contribution in [3.63, 3.8) is 0 Å². The highest BCUT2D eigenvalue weighted by molar-refractivity contribution is 5.68. The van der Waals surface area contributed by atoms with Gasteiger partial charge in [0.2, 0.25) is 0 Å². The van der Waals surface area contributed by atoms with Gasteiger partial charge in [-0.15, -0.1) is 0 Å². The Kier molecular flexibility index (Phi) is 3.65. The SMILES string of the molecule is [2H]C([2H])(N)C(=O)O.[2H]N([2H])CC(=O)O. The fourth-order valence-electron chi connectivity index (χ4n) is 0. The van der Waals surface area contributed by atoms with Crippen LogP contribution in [-0.4, -0.2) is 35.2 Å². The van der Waals surface area contributed by atoms with Gasteiger partial charge >= 0.3 is 11.9 Å². The van der Waals surface area contributed by atoms with E-state index in [1.54, 1.807) is 0 Å². The molecule has 0 aliphatic rings. The van der Waals surface area contributed by atoms with Gasteiger partial charge in [0.25, 0.3) is 0 Å². The minimum absolute atomic E-state index is 0.0995. The zero-order chi connectivity index (χ0) is 11.9. The van der Waals surface area contributed by atoms with Crippen molar-refractivity contribution in [2.24, 2.45) is 11.5 Å². The lowest BCUT2D eigenvalue weighted by Crippen LogP contribution is -2.10. The summed E-state index contributed by atoms with van der Waals surface area (Å²) in [7, 11) is 0. The predicted octanol–water partition coefficient (Wildman–Crippen LogP) is -1.94. The first-order valence-electron chi connectivity index (χ1n) is 3.96. The number of aliphatic carboxylic acids is 2. The van der Waals surface area contributed by atoms with Gasteiger partial charge in [-0.05, 0) is 0 Å². The summed E-state index contributed by atoms with van der Waals surface area (Å²) in [6.45, 7) is -3.14. The Hall–Kier alpha value is -1.14. The molecule has 0 aliphatic heterocycles. The van der Waals surface area contributed by atoms with Crippen LogP contribution < -0.4 is 11.5 Å². The first-order chi connectivity index (χ1) is 6.07. The summed E-state index contributed by atoms with van der Waals surface area (Å²) < 4.78 is 24.9. The summed E-state index contributed by atoms with van der Waals surface area (Å²) in [6.07, 6.45) is 0. The Morgan fingerprint density at radius 1 is 1.50 bits per heavy atom. The van der Waals surface area contributed by atoms with Crippen LogP contribution in [0, 0.1) is 0 Å². The number of hydrogen-bond donors (Lipinski definition) is 4. The molecule has 0 saturated heterocycles. The van der Waals surface area contributed by atoms with E-state index < -0.39 is 25.0 Å². The Bertz CT molecular complexity index is 204. The summed E-state index contributed by atoms with van der Waals surface area (Å²) >= 11 is 0. The van der Waals surface area contributed by atoms with Crippen LogP contribution in [0.2, 0.25) is 2.82 Å². The topological polar surface area (TPSA) is 127 Å². The highest BCUT2D eigenvalue weighted by atomic mass is 16.4. The van der Waals surface area contributed by atoms with Crippen LogP contribution >= 0.6 is 0 Å². The summed E-state index contributed by atoms with van der Waals surface area (Å²) in [6, 6.07) is 0. The maximum atomic E-state index is 9.53. The van der Waals surface area contributed by atoms with Gasteiger partial charge in [-0.1, -0.05) is 0 Å². The molecule has 0 heterocycles. The summed E-state index contributed by atoms with van der Waals surface area (Å²) in [5, 5.41) is 15.6. The molecule has 0 aliphatic carbocycles. The molecule has 6 N–H and O–H groups in total. The van der Waals surface area contributed by atoms with E-state index in [4.69, 9.17) is 15.8 Å². The molecule has 60 valence electrons. The van der Waals surface area contributed by atoms with Crippen molar-refractivity contribution in [2.45, 2.75) is 0 Å². The molecule has 0 unspecified atom stereocenters. The van der Waals surface area contributed by atoms with E-state index in [0.29, 0.717) is 0 Å². The molecule has 0 bridgehead atoms.